The third kappa shape index (κ3) is 2.17. The first-order chi connectivity index (χ1) is 10.5. The lowest BCUT2D eigenvalue weighted by molar-refractivity contribution is 0.417. The Labute approximate surface area is 127 Å². The Kier molecular flexibility index (Phi) is 3.42. The van der Waals surface area contributed by atoms with Crippen molar-refractivity contribution in [2.24, 2.45) is 0 Å². The van der Waals surface area contributed by atoms with Gasteiger partial charge in [0, 0.05) is 21.5 Å². The predicted molar refractivity (Wildman–Crippen MR) is 84.4 cm³/mol. The van der Waals surface area contributed by atoms with Crippen LogP contribution in [0.5, 0.6) is 11.5 Å². The summed E-state index contributed by atoms with van der Waals surface area (Å²) < 4.78 is 43.0. The highest BCUT2D eigenvalue weighted by atomic mass is 32.2. The first-order valence-electron chi connectivity index (χ1n) is 6.51. The zero-order valence-corrected chi connectivity index (χ0v) is 12.8. The Morgan fingerprint density at radius 3 is 1.82 bits per heavy atom. The summed E-state index contributed by atoms with van der Waals surface area (Å²) in [4.78, 5) is -0.185. The lowest BCUT2D eigenvalue weighted by atomic mass is 10.0. The van der Waals surface area contributed by atoms with E-state index in [4.69, 9.17) is 9.47 Å². The summed E-state index contributed by atoms with van der Waals surface area (Å²) >= 11 is 0. The van der Waals surface area contributed by atoms with Crippen LogP contribution in [-0.4, -0.2) is 27.2 Å². The molecule has 0 saturated carbocycles. The molecule has 1 N–H and O–H groups in total. The zero-order valence-electron chi connectivity index (χ0n) is 12.0. The van der Waals surface area contributed by atoms with Gasteiger partial charge in [0.15, 0.2) is 0 Å². The molecule has 6 heteroatoms. The topological polar surface area (TPSA) is 72.8 Å². The maximum atomic E-state index is 11.4. The molecule has 22 heavy (non-hydrogen) atoms. The van der Waals surface area contributed by atoms with E-state index in [1.165, 1.54) is 19.2 Å². The minimum atomic E-state index is -4.29. The molecule has 0 amide bonds. The van der Waals surface area contributed by atoms with Gasteiger partial charge >= 0.3 is 0 Å². The number of rotatable bonds is 3. The van der Waals surface area contributed by atoms with Gasteiger partial charge in [0.2, 0.25) is 0 Å². The van der Waals surface area contributed by atoms with E-state index in [1.54, 1.807) is 13.2 Å². The van der Waals surface area contributed by atoms with E-state index in [0.717, 1.165) is 10.8 Å². The van der Waals surface area contributed by atoms with Gasteiger partial charge in [-0.15, -0.1) is 0 Å². The molecule has 0 aliphatic rings. The minimum absolute atomic E-state index is 0.185. The summed E-state index contributed by atoms with van der Waals surface area (Å²) in [5.74, 6) is 1.17. The number of hydrogen-bond acceptors (Lipinski definition) is 4. The molecule has 0 aliphatic carbocycles. The van der Waals surface area contributed by atoms with Crippen LogP contribution < -0.4 is 9.47 Å². The molecule has 0 unspecified atom stereocenters. The van der Waals surface area contributed by atoms with E-state index in [2.05, 4.69) is 0 Å². The third-order valence-electron chi connectivity index (χ3n) is 3.60. The van der Waals surface area contributed by atoms with Gasteiger partial charge in [-0.3, -0.25) is 4.55 Å². The maximum Gasteiger partial charge on any atom is 0.294 e. The molecular weight excluding hydrogens is 304 g/mol. The van der Waals surface area contributed by atoms with Gasteiger partial charge in [-0.2, -0.15) is 8.42 Å². The Hall–Kier alpha value is -2.31. The van der Waals surface area contributed by atoms with Gasteiger partial charge in [-0.1, -0.05) is 24.3 Å². The van der Waals surface area contributed by atoms with Gasteiger partial charge in [-0.25, -0.2) is 0 Å². The largest absolute Gasteiger partial charge is 0.495 e. The van der Waals surface area contributed by atoms with E-state index in [-0.39, 0.29) is 4.90 Å². The highest BCUT2D eigenvalue weighted by molar-refractivity contribution is 7.85. The molecule has 0 spiro atoms. The van der Waals surface area contributed by atoms with Gasteiger partial charge in [0.05, 0.1) is 19.1 Å². The lowest BCUT2D eigenvalue weighted by Crippen LogP contribution is -1.99. The van der Waals surface area contributed by atoms with Crippen molar-refractivity contribution in [3.8, 4) is 11.5 Å². The number of hydrogen-bond donors (Lipinski definition) is 1. The van der Waals surface area contributed by atoms with Crippen molar-refractivity contribution in [3.63, 3.8) is 0 Å². The maximum absolute atomic E-state index is 11.4. The van der Waals surface area contributed by atoms with E-state index in [1.807, 2.05) is 24.3 Å². The van der Waals surface area contributed by atoms with Gasteiger partial charge in [-0.05, 0) is 18.2 Å². The molecule has 3 aromatic carbocycles. The Morgan fingerprint density at radius 2 is 1.32 bits per heavy atom. The minimum Gasteiger partial charge on any atom is -0.495 e. The number of methoxy groups -OCH3 is 2. The van der Waals surface area contributed by atoms with Crippen LogP contribution in [0.25, 0.3) is 21.5 Å². The van der Waals surface area contributed by atoms with Crippen LogP contribution in [0.3, 0.4) is 0 Å². The van der Waals surface area contributed by atoms with Crippen molar-refractivity contribution in [2.75, 3.05) is 14.2 Å². The smallest absolute Gasteiger partial charge is 0.294 e. The molecule has 0 aliphatic heterocycles. The van der Waals surface area contributed by atoms with Crippen LogP contribution >= 0.6 is 0 Å². The zero-order chi connectivity index (χ0) is 15.9. The van der Waals surface area contributed by atoms with E-state index < -0.39 is 10.1 Å². The lowest BCUT2D eigenvalue weighted by Gasteiger charge is -2.15. The second-order valence-electron chi connectivity index (χ2n) is 4.79. The van der Waals surface area contributed by atoms with Crippen LogP contribution in [0, 0.1) is 0 Å². The van der Waals surface area contributed by atoms with Crippen molar-refractivity contribution >= 4 is 31.7 Å². The molecule has 0 heterocycles. The van der Waals surface area contributed by atoms with E-state index >= 15 is 0 Å². The normalized spacial score (nSPS) is 11.8. The highest BCUT2D eigenvalue weighted by Gasteiger charge is 2.18. The third-order valence-corrected chi connectivity index (χ3v) is 4.45. The number of ether oxygens (including phenoxy) is 2. The second kappa shape index (κ2) is 5.15. The standard InChI is InChI=1S/C16H14O5S/c1-20-15-11-5-3-4-6-12(11)16(21-2)14-9-10(22(17,18)19)7-8-13(14)15/h3-9H,1-2H3,(H,17,18,19). The van der Waals surface area contributed by atoms with Crippen molar-refractivity contribution in [3.05, 3.63) is 42.5 Å². The Balaban J connectivity index is 2.56. The number of fused-ring (bicyclic) bond motifs is 2. The summed E-state index contributed by atoms with van der Waals surface area (Å²) in [5, 5.41) is 2.95. The molecule has 3 aromatic rings. The summed E-state index contributed by atoms with van der Waals surface area (Å²) in [5.41, 5.74) is 0. The molecule has 5 nitrogen and oxygen atoms in total. The van der Waals surface area contributed by atoms with Crippen molar-refractivity contribution in [2.45, 2.75) is 4.90 Å². The average molecular weight is 318 g/mol. The molecule has 3 rings (SSSR count). The number of benzene rings is 3. The average Bonchev–Trinajstić information content (AvgIpc) is 2.51. The summed E-state index contributed by atoms with van der Waals surface area (Å²) in [7, 11) is -1.21. The quantitative estimate of drug-likeness (QED) is 0.593. The van der Waals surface area contributed by atoms with Gasteiger partial charge < -0.3 is 9.47 Å². The second-order valence-corrected chi connectivity index (χ2v) is 6.22. The SMILES string of the molecule is COc1c2ccccc2c(OC)c2cc(S(=O)(=O)O)ccc12. The van der Waals surface area contributed by atoms with Crippen molar-refractivity contribution in [1.29, 1.82) is 0 Å². The Morgan fingerprint density at radius 1 is 0.818 bits per heavy atom. The fourth-order valence-electron chi connectivity index (χ4n) is 2.68. The fourth-order valence-corrected chi connectivity index (χ4v) is 3.19. The van der Waals surface area contributed by atoms with Crippen LogP contribution in [0.15, 0.2) is 47.4 Å². The summed E-state index contributed by atoms with van der Waals surface area (Å²) in [6.07, 6.45) is 0. The van der Waals surface area contributed by atoms with Crippen molar-refractivity contribution < 1.29 is 22.4 Å². The van der Waals surface area contributed by atoms with Crippen LogP contribution in [0.4, 0.5) is 0 Å². The molecule has 0 fully saturated rings. The molecule has 0 radical (unpaired) electrons. The molecule has 0 atom stereocenters. The summed E-state index contributed by atoms with van der Waals surface area (Å²) in [6, 6.07) is 11.9. The van der Waals surface area contributed by atoms with Gasteiger partial charge in [0.1, 0.15) is 11.5 Å². The first kappa shape index (κ1) is 14.6. The molecular formula is C16H14O5S. The molecule has 114 valence electrons. The van der Waals surface area contributed by atoms with Crippen LogP contribution in [0.2, 0.25) is 0 Å². The van der Waals surface area contributed by atoms with Crippen LogP contribution in [-0.2, 0) is 10.1 Å². The molecule has 0 aromatic heterocycles. The molecule has 0 bridgehead atoms. The Bertz CT molecular complexity index is 977. The van der Waals surface area contributed by atoms with E-state index in [0.29, 0.717) is 22.3 Å². The molecule has 0 saturated heterocycles. The van der Waals surface area contributed by atoms with Crippen LogP contribution in [0.1, 0.15) is 0 Å². The first-order valence-corrected chi connectivity index (χ1v) is 7.95. The highest BCUT2D eigenvalue weighted by Crippen LogP contribution is 2.42. The fraction of sp³-hybridized carbons (Fsp3) is 0.125. The summed E-state index contributed by atoms with van der Waals surface area (Å²) in [6.45, 7) is 0. The van der Waals surface area contributed by atoms with Crippen molar-refractivity contribution in [1.82, 2.24) is 0 Å². The predicted octanol–water partition coefficient (Wildman–Crippen LogP) is 3.26. The monoisotopic (exact) mass is 318 g/mol. The van der Waals surface area contributed by atoms with E-state index in [9.17, 15) is 13.0 Å². The van der Waals surface area contributed by atoms with Gasteiger partial charge in [0.25, 0.3) is 10.1 Å².